The highest BCUT2D eigenvalue weighted by Crippen LogP contribution is 2.14. The topological polar surface area (TPSA) is 88.4 Å². The predicted molar refractivity (Wildman–Crippen MR) is 113 cm³/mol. The number of aromatic nitrogens is 3. The number of nitrogens with zero attached hydrogens (tertiary/aromatic N) is 3. The third-order valence-corrected chi connectivity index (χ3v) is 4.68. The van der Waals surface area contributed by atoms with E-state index in [2.05, 4.69) is 20.6 Å². The van der Waals surface area contributed by atoms with Crippen LogP contribution in [-0.4, -0.2) is 32.7 Å². The molecule has 3 aromatic heterocycles. The number of benzene rings is 1. The minimum atomic E-state index is -0.342. The Morgan fingerprint density at radius 2 is 1.67 bits per heavy atom. The van der Waals surface area contributed by atoms with Crippen molar-refractivity contribution in [3.05, 3.63) is 102 Å². The SMILES string of the molecule is O=C(NCc1cccnc1)c1nc(C(=O)NCCc2ccccc2)n2ccccc12. The van der Waals surface area contributed by atoms with Gasteiger partial charge in [0.2, 0.25) is 5.82 Å². The van der Waals surface area contributed by atoms with Crippen molar-refractivity contribution in [2.45, 2.75) is 13.0 Å². The third-order valence-electron chi connectivity index (χ3n) is 4.68. The van der Waals surface area contributed by atoms with Gasteiger partial charge in [-0.05, 0) is 35.7 Å². The lowest BCUT2D eigenvalue weighted by molar-refractivity contribution is 0.0943. The number of hydrogen-bond donors (Lipinski definition) is 2. The Kier molecular flexibility index (Phi) is 5.80. The van der Waals surface area contributed by atoms with Crippen LogP contribution in [0.1, 0.15) is 32.2 Å². The Balaban J connectivity index is 1.48. The van der Waals surface area contributed by atoms with E-state index in [-0.39, 0.29) is 23.3 Å². The molecule has 0 aliphatic rings. The van der Waals surface area contributed by atoms with Gasteiger partial charge in [-0.15, -0.1) is 0 Å². The van der Waals surface area contributed by atoms with E-state index in [0.717, 1.165) is 11.1 Å². The van der Waals surface area contributed by atoms with Crippen LogP contribution in [0.3, 0.4) is 0 Å². The largest absolute Gasteiger partial charge is 0.349 e. The Morgan fingerprint density at radius 3 is 2.47 bits per heavy atom. The first-order valence-electron chi connectivity index (χ1n) is 9.68. The summed E-state index contributed by atoms with van der Waals surface area (Å²) in [5.74, 6) is -0.477. The number of amides is 2. The zero-order chi connectivity index (χ0) is 20.8. The highest BCUT2D eigenvalue weighted by Gasteiger charge is 2.21. The fourth-order valence-corrected chi connectivity index (χ4v) is 3.18. The van der Waals surface area contributed by atoms with E-state index in [1.165, 1.54) is 0 Å². The van der Waals surface area contributed by atoms with E-state index in [1.54, 1.807) is 35.1 Å². The molecule has 0 bridgehead atoms. The number of carbonyl (C=O) groups is 2. The van der Waals surface area contributed by atoms with Gasteiger partial charge < -0.3 is 10.6 Å². The second-order valence-corrected chi connectivity index (χ2v) is 6.78. The average Bonchev–Trinajstić information content (AvgIpc) is 3.19. The Labute approximate surface area is 173 Å². The first-order valence-corrected chi connectivity index (χ1v) is 9.68. The molecule has 2 amide bonds. The van der Waals surface area contributed by atoms with Crippen LogP contribution in [-0.2, 0) is 13.0 Å². The summed E-state index contributed by atoms with van der Waals surface area (Å²) < 4.78 is 1.64. The van der Waals surface area contributed by atoms with Crippen LogP contribution >= 0.6 is 0 Å². The molecule has 4 aromatic rings. The summed E-state index contributed by atoms with van der Waals surface area (Å²) in [5, 5.41) is 5.73. The molecule has 0 fully saturated rings. The lowest BCUT2D eigenvalue weighted by atomic mass is 10.1. The summed E-state index contributed by atoms with van der Waals surface area (Å²) in [6.07, 6.45) is 5.81. The van der Waals surface area contributed by atoms with E-state index in [1.807, 2.05) is 48.5 Å². The van der Waals surface area contributed by atoms with E-state index in [4.69, 9.17) is 0 Å². The van der Waals surface area contributed by atoms with Crippen molar-refractivity contribution in [1.29, 1.82) is 0 Å². The standard InChI is InChI=1S/C23H21N5O2/c29-22(26-16-18-9-6-12-24-15-18)20-19-10-4-5-14-28(19)21(27-20)23(30)25-13-11-17-7-2-1-3-8-17/h1-10,12,14-15H,11,13,16H2,(H,25,30)(H,26,29). The third kappa shape index (κ3) is 4.35. The minimum absolute atomic E-state index is 0.185. The maximum atomic E-state index is 12.7. The molecule has 0 radical (unpaired) electrons. The Hall–Kier alpha value is -4.00. The van der Waals surface area contributed by atoms with Gasteiger partial charge in [-0.1, -0.05) is 42.5 Å². The van der Waals surface area contributed by atoms with Crippen LogP contribution in [0.4, 0.5) is 0 Å². The van der Waals surface area contributed by atoms with Crippen LogP contribution in [0.2, 0.25) is 0 Å². The molecule has 7 heteroatoms. The summed E-state index contributed by atoms with van der Waals surface area (Å²) in [4.78, 5) is 33.8. The lowest BCUT2D eigenvalue weighted by Gasteiger charge is -2.04. The van der Waals surface area contributed by atoms with Crippen LogP contribution in [0, 0.1) is 0 Å². The highest BCUT2D eigenvalue weighted by atomic mass is 16.2. The fraction of sp³-hybridized carbons (Fsp3) is 0.130. The zero-order valence-electron chi connectivity index (χ0n) is 16.3. The molecule has 0 atom stereocenters. The van der Waals surface area contributed by atoms with Crippen molar-refractivity contribution >= 4 is 17.3 Å². The molecule has 1 aromatic carbocycles. The summed E-state index contributed by atoms with van der Waals surface area (Å²) in [5.41, 5.74) is 2.82. The van der Waals surface area contributed by atoms with Crippen molar-refractivity contribution < 1.29 is 9.59 Å². The molecule has 3 heterocycles. The minimum Gasteiger partial charge on any atom is -0.349 e. The number of pyridine rings is 2. The maximum absolute atomic E-state index is 12.7. The molecule has 0 aliphatic heterocycles. The number of fused-ring (bicyclic) bond motifs is 1. The van der Waals surface area contributed by atoms with Crippen molar-refractivity contribution in [3.63, 3.8) is 0 Å². The smallest absolute Gasteiger partial charge is 0.287 e. The van der Waals surface area contributed by atoms with Gasteiger partial charge in [-0.2, -0.15) is 0 Å². The van der Waals surface area contributed by atoms with Crippen molar-refractivity contribution in [3.8, 4) is 0 Å². The first-order chi connectivity index (χ1) is 14.7. The van der Waals surface area contributed by atoms with Gasteiger partial charge >= 0.3 is 0 Å². The predicted octanol–water partition coefficient (Wildman–Crippen LogP) is 2.63. The molecular weight excluding hydrogens is 378 g/mol. The summed E-state index contributed by atoms with van der Waals surface area (Å²) in [7, 11) is 0. The van der Waals surface area contributed by atoms with Crippen molar-refractivity contribution in [1.82, 2.24) is 25.0 Å². The fourth-order valence-electron chi connectivity index (χ4n) is 3.18. The van der Waals surface area contributed by atoms with Crippen LogP contribution in [0.15, 0.2) is 79.3 Å². The molecular formula is C23H21N5O2. The zero-order valence-corrected chi connectivity index (χ0v) is 16.3. The van der Waals surface area contributed by atoms with Gasteiger partial charge in [-0.3, -0.25) is 19.0 Å². The van der Waals surface area contributed by atoms with Crippen molar-refractivity contribution in [2.75, 3.05) is 6.54 Å². The lowest BCUT2D eigenvalue weighted by Crippen LogP contribution is -2.28. The molecule has 7 nitrogen and oxygen atoms in total. The normalized spacial score (nSPS) is 10.7. The van der Waals surface area contributed by atoms with Gasteiger partial charge in [0.15, 0.2) is 5.69 Å². The molecule has 0 saturated carbocycles. The van der Waals surface area contributed by atoms with Crippen LogP contribution in [0.25, 0.3) is 5.52 Å². The van der Waals surface area contributed by atoms with Crippen LogP contribution < -0.4 is 10.6 Å². The van der Waals surface area contributed by atoms with Gasteiger partial charge in [0.1, 0.15) is 0 Å². The molecule has 2 N–H and O–H groups in total. The second kappa shape index (κ2) is 9.00. The quantitative estimate of drug-likeness (QED) is 0.500. The highest BCUT2D eigenvalue weighted by molar-refractivity contribution is 6.02. The summed E-state index contributed by atoms with van der Waals surface area (Å²) in [6, 6.07) is 19.0. The Bertz CT molecular complexity index is 1160. The number of nitrogens with one attached hydrogen (secondary N) is 2. The number of imidazole rings is 1. The molecule has 150 valence electrons. The van der Waals surface area contributed by atoms with E-state index in [0.29, 0.717) is 25.0 Å². The summed E-state index contributed by atoms with van der Waals surface area (Å²) >= 11 is 0. The monoisotopic (exact) mass is 399 g/mol. The molecule has 4 rings (SSSR count). The van der Waals surface area contributed by atoms with Crippen molar-refractivity contribution in [2.24, 2.45) is 0 Å². The van der Waals surface area contributed by atoms with E-state index < -0.39 is 0 Å². The van der Waals surface area contributed by atoms with Gasteiger partial charge in [0, 0.05) is 31.7 Å². The maximum Gasteiger partial charge on any atom is 0.287 e. The average molecular weight is 399 g/mol. The molecule has 0 aliphatic carbocycles. The number of carbonyl (C=O) groups excluding carboxylic acids is 2. The summed E-state index contributed by atoms with van der Waals surface area (Å²) in [6.45, 7) is 0.810. The molecule has 0 spiro atoms. The Morgan fingerprint density at radius 1 is 0.867 bits per heavy atom. The van der Waals surface area contributed by atoms with Crippen LogP contribution in [0.5, 0.6) is 0 Å². The van der Waals surface area contributed by atoms with Gasteiger partial charge in [0.05, 0.1) is 5.52 Å². The molecule has 0 saturated heterocycles. The van der Waals surface area contributed by atoms with Gasteiger partial charge in [-0.25, -0.2) is 4.98 Å². The van der Waals surface area contributed by atoms with E-state index >= 15 is 0 Å². The molecule has 30 heavy (non-hydrogen) atoms. The van der Waals surface area contributed by atoms with E-state index in [9.17, 15) is 9.59 Å². The van der Waals surface area contributed by atoms with Gasteiger partial charge in [0.25, 0.3) is 11.8 Å². The first kappa shape index (κ1) is 19.3. The number of hydrogen-bond acceptors (Lipinski definition) is 4. The second-order valence-electron chi connectivity index (χ2n) is 6.78. The number of rotatable bonds is 7. The molecule has 0 unspecified atom stereocenters.